The summed E-state index contributed by atoms with van der Waals surface area (Å²) in [6.45, 7) is 3.31. The molecule has 1 aromatic rings. The minimum absolute atomic E-state index is 0.0770. The lowest BCUT2D eigenvalue weighted by atomic mass is 9.76. The molecule has 0 spiro atoms. The van der Waals surface area contributed by atoms with Crippen molar-refractivity contribution in [1.82, 2.24) is 0 Å². The number of rotatable bonds is 2. The second kappa shape index (κ2) is 5.43. The van der Waals surface area contributed by atoms with Gasteiger partial charge in [0.1, 0.15) is 6.10 Å². The van der Waals surface area contributed by atoms with Crippen molar-refractivity contribution in [2.24, 2.45) is 11.7 Å². The van der Waals surface area contributed by atoms with E-state index in [4.69, 9.17) is 10.5 Å². The van der Waals surface area contributed by atoms with Crippen LogP contribution in [0.15, 0.2) is 12.1 Å². The van der Waals surface area contributed by atoms with Crippen LogP contribution in [0.1, 0.15) is 30.9 Å². The quantitative estimate of drug-likeness (QED) is 0.843. The van der Waals surface area contributed by atoms with E-state index in [1.165, 1.54) is 13.8 Å². The summed E-state index contributed by atoms with van der Waals surface area (Å²) in [6.07, 6.45) is -6.33. The maximum absolute atomic E-state index is 13.8. The fourth-order valence-electron chi connectivity index (χ4n) is 3.07. The standard InChI is InChI=1S/C15H16F5NO2/c1-6-8(4-5-9(16)11(6)17)10-7(2)14(3,15(18,19)20)23-12(10)13(21)22/h4-5,7,10,12H,1-3H3,(H2,21,22). The van der Waals surface area contributed by atoms with Crippen LogP contribution in [0, 0.1) is 24.5 Å². The highest BCUT2D eigenvalue weighted by Crippen LogP contribution is 2.53. The van der Waals surface area contributed by atoms with Gasteiger partial charge in [-0.05, 0) is 31.0 Å². The van der Waals surface area contributed by atoms with E-state index in [0.29, 0.717) is 0 Å². The third-order valence-electron chi connectivity index (χ3n) is 4.69. The number of alkyl halides is 3. The second-order valence-electron chi connectivity index (χ2n) is 5.94. The number of ether oxygens (including phenoxy) is 1. The Morgan fingerprint density at radius 3 is 2.35 bits per heavy atom. The molecule has 1 saturated heterocycles. The number of benzene rings is 1. The summed E-state index contributed by atoms with van der Waals surface area (Å²) in [5.41, 5.74) is 2.47. The molecule has 0 radical (unpaired) electrons. The molecule has 1 aliphatic rings. The van der Waals surface area contributed by atoms with Gasteiger partial charge in [0.2, 0.25) is 5.91 Å². The third kappa shape index (κ3) is 2.58. The van der Waals surface area contributed by atoms with Gasteiger partial charge in [-0.25, -0.2) is 8.78 Å². The van der Waals surface area contributed by atoms with Crippen LogP contribution in [-0.4, -0.2) is 23.8 Å². The lowest BCUT2D eigenvalue weighted by Crippen LogP contribution is -2.47. The number of halogens is 5. The van der Waals surface area contributed by atoms with E-state index in [0.717, 1.165) is 19.1 Å². The lowest BCUT2D eigenvalue weighted by Gasteiger charge is -2.32. The first-order valence-electron chi connectivity index (χ1n) is 6.90. The van der Waals surface area contributed by atoms with Crippen LogP contribution in [-0.2, 0) is 9.53 Å². The molecule has 1 fully saturated rings. The molecular formula is C15H16F5NO2. The molecule has 4 atom stereocenters. The number of amides is 1. The largest absolute Gasteiger partial charge is 0.417 e. The van der Waals surface area contributed by atoms with E-state index in [1.807, 2.05) is 0 Å². The molecular weight excluding hydrogens is 321 g/mol. The minimum Gasteiger partial charge on any atom is -0.367 e. The van der Waals surface area contributed by atoms with E-state index in [9.17, 15) is 26.7 Å². The zero-order chi connectivity index (χ0) is 17.7. The van der Waals surface area contributed by atoms with Crippen LogP contribution in [0.25, 0.3) is 0 Å². The van der Waals surface area contributed by atoms with Crippen LogP contribution in [0.5, 0.6) is 0 Å². The minimum atomic E-state index is -4.75. The normalized spacial score (nSPS) is 31.4. The summed E-state index contributed by atoms with van der Waals surface area (Å²) in [7, 11) is 0. The average molecular weight is 337 g/mol. The highest BCUT2D eigenvalue weighted by atomic mass is 19.4. The zero-order valence-electron chi connectivity index (χ0n) is 12.7. The number of carbonyl (C=O) groups excluding carboxylic acids is 1. The molecule has 23 heavy (non-hydrogen) atoms. The molecule has 2 N–H and O–H groups in total. The van der Waals surface area contributed by atoms with Crippen molar-refractivity contribution >= 4 is 5.91 Å². The molecule has 1 aromatic carbocycles. The Morgan fingerprint density at radius 2 is 1.87 bits per heavy atom. The van der Waals surface area contributed by atoms with Gasteiger partial charge >= 0.3 is 6.18 Å². The average Bonchev–Trinajstić information content (AvgIpc) is 2.71. The number of nitrogens with two attached hydrogens (primary N) is 1. The van der Waals surface area contributed by atoms with E-state index >= 15 is 0 Å². The summed E-state index contributed by atoms with van der Waals surface area (Å²) < 4.78 is 72.1. The Labute approximate surface area is 129 Å². The zero-order valence-corrected chi connectivity index (χ0v) is 12.7. The van der Waals surface area contributed by atoms with Gasteiger partial charge in [0, 0.05) is 11.8 Å². The molecule has 1 amide bonds. The Morgan fingerprint density at radius 1 is 1.30 bits per heavy atom. The molecule has 0 aromatic heterocycles. The van der Waals surface area contributed by atoms with Crippen molar-refractivity contribution in [2.75, 3.05) is 0 Å². The van der Waals surface area contributed by atoms with Crippen molar-refractivity contribution in [3.8, 4) is 0 Å². The van der Waals surface area contributed by atoms with Gasteiger partial charge in [-0.15, -0.1) is 0 Å². The maximum Gasteiger partial charge on any atom is 0.417 e. The Bertz CT molecular complexity index is 645. The molecule has 2 rings (SSSR count). The summed E-state index contributed by atoms with van der Waals surface area (Å²) in [4.78, 5) is 11.6. The van der Waals surface area contributed by atoms with E-state index in [2.05, 4.69) is 0 Å². The molecule has 3 nitrogen and oxygen atoms in total. The highest BCUT2D eigenvalue weighted by molar-refractivity contribution is 5.81. The van der Waals surface area contributed by atoms with Crippen LogP contribution in [0.4, 0.5) is 22.0 Å². The first-order chi connectivity index (χ1) is 10.4. The Kier molecular flexibility index (Phi) is 4.17. The predicted octanol–water partition coefficient (Wildman–Crippen LogP) is 3.20. The number of carbonyl (C=O) groups is 1. The molecule has 4 unspecified atom stereocenters. The van der Waals surface area contributed by atoms with Crippen LogP contribution in [0.3, 0.4) is 0 Å². The summed E-state index contributed by atoms with van der Waals surface area (Å²) in [5, 5.41) is 0. The van der Waals surface area contributed by atoms with Gasteiger partial charge in [-0.1, -0.05) is 13.0 Å². The van der Waals surface area contributed by atoms with E-state index in [-0.39, 0.29) is 11.1 Å². The van der Waals surface area contributed by atoms with Crippen molar-refractivity contribution < 1.29 is 31.5 Å². The first kappa shape index (κ1) is 17.7. The number of hydrogen-bond acceptors (Lipinski definition) is 2. The van der Waals surface area contributed by atoms with Gasteiger partial charge < -0.3 is 10.5 Å². The van der Waals surface area contributed by atoms with Crippen LogP contribution >= 0.6 is 0 Å². The van der Waals surface area contributed by atoms with E-state index < -0.39 is 47.3 Å². The van der Waals surface area contributed by atoms with Gasteiger partial charge in [-0.3, -0.25) is 4.79 Å². The molecule has 0 saturated carbocycles. The Balaban J connectivity index is 2.60. The van der Waals surface area contributed by atoms with Gasteiger partial charge in [0.25, 0.3) is 0 Å². The first-order valence-corrected chi connectivity index (χ1v) is 6.90. The molecule has 0 bridgehead atoms. The molecule has 1 heterocycles. The van der Waals surface area contributed by atoms with Crippen molar-refractivity contribution in [3.05, 3.63) is 34.9 Å². The van der Waals surface area contributed by atoms with Gasteiger partial charge in [0.05, 0.1) is 0 Å². The molecule has 0 aliphatic carbocycles. The molecule has 1 aliphatic heterocycles. The third-order valence-corrected chi connectivity index (χ3v) is 4.69. The number of hydrogen-bond donors (Lipinski definition) is 1. The van der Waals surface area contributed by atoms with Crippen LogP contribution in [0.2, 0.25) is 0 Å². The molecule has 128 valence electrons. The second-order valence-corrected chi connectivity index (χ2v) is 5.94. The van der Waals surface area contributed by atoms with Crippen molar-refractivity contribution in [1.29, 1.82) is 0 Å². The maximum atomic E-state index is 13.8. The smallest absolute Gasteiger partial charge is 0.367 e. The fourth-order valence-corrected chi connectivity index (χ4v) is 3.07. The summed E-state index contributed by atoms with van der Waals surface area (Å²) in [5.74, 6) is -5.72. The SMILES string of the molecule is Cc1c(C2C(C(N)=O)OC(C)(C(F)(F)F)C2C)ccc(F)c1F. The Hall–Kier alpha value is -1.70. The van der Waals surface area contributed by atoms with Crippen LogP contribution < -0.4 is 5.73 Å². The van der Waals surface area contributed by atoms with E-state index in [1.54, 1.807) is 0 Å². The van der Waals surface area contributed by atoms with Crippen molar-refractivity contribution in [2.45, 2.75) is 44.6 Å². The molecule has 8 heteroatoms. The summed E-state index contributed by atoms with van der Waals surface area (Å²) in [6, 6.07) is 1.97. The predicted molar refractivity (Wildman–Crippen MR) is 71.5 cm³/mol. The summed E-state index contributed by atoms with van der Waals surface area (Å²) >= 11 is 0. The van der Waals surface area contributed by atoms with Gasteiger partial charge in [-0.2, -0.15) is 13.2 Å². The fraction of sp³-hybridized carbons (Fsp3) is 0.533. The highest BCUT2D eigenvalue weighted by Gasteiger charge is 2.65. The van der Waals surface area contributed by atoms with Crippen molar-refractivity contribution in [3.63, 3.8) is 0 Å². The lowest BCUT2D eigenvalue weighted by molar-refractivity contribution is -0.272. The topological polar surface area (TPSA) is 52.3 Å². The van der Waals surface area contributed by atoms with Gasteiger partial charge in [0.15, 0.2) is 17.2 Å². The number of primary amides is 1. The monoisotopic (exact) mass is 337 g/mol.